The zero-order chi connectivity index (χ0) is 20.6. The maximum atomic E-state index is 13.1. The van der Waals surface area contributed by atoms with Gasteiger partial charge in [-0.05, 0) is 43.5 Å². The van der Waals surface area contributed by atoms with Crippen molar-refractivity contribution in [2.24, 2.45) is 5.92 Å². The molecule has 2 aliphatic rings. The molecule has 0 saturated carbocycles. The van der Waals surface area contributed by atoms with Crippen LogP contribution in [0.4, 0.5) is 0 Å². The van der Waals surface area contributed by atoms with Crippen LogP contribution in [0.25, 0.3) is 5.65 Å². The highest BCUT2D eigenvalue weighted by Crippen LogP contribution is 2.41. The van der Waals surface area contributed by atoms with Gasteiger partial charge in [0.25, 0.3) is 0 Å². The summed E-state index contributed by atoms with van der Waals surface area (Å²) in [7, 11) is 0. The Bertz CT molecular complexity index is 991. The van der Waals surface area contributed by atoms with Gasteiger partial charge in [-0.1, -0.05) is 36.4 Å². The van der Waals surface area contributed by atoms with Gasteiger partial charge in [-0.25, -0.2) is 4.98 Å². The number of amides is 1. The van der Waals surface area contributed by atoms with E-state index in [2.05, 4.69) is 40.2 Å². The van der Waals surface area contributed by atoms with Gasteiger partial charge in [0.2, 0.25) is 5.91 Å². The highest BCUT2D eigenvalue weighted by molar-refractivity contribution is 5.80. The molecule has 5 rings (SSSR count). The van der Waals surface area contributed by atoms with E-state index >= 15 is 0 Å². The minimum atomic E-state index is -0.544. The van der Waals surface area contributed by atoms with E-state index in [4.69, 9.17) is 4.98 Å². The topological polar surface area (TPSA) is 69.9 Å². The predicted octanol–water partition coefficient (Wildman–Crippen LogP) is 2.21. The van der Waals surface area contributed by atoms with E-state index in [-0.39, 0.29) is 17.2 Å². The fourth-order valence-electron chi connectivity index (χ4n) is 5.06. The fraction of sp³-hybridized carbons (Fsp3) is 0.417. The zero-order valence-electron chi connectivity index (χ0n) is 17.1. The average molecular weight is 405 g/mol. The molecule has 0 spiro atoms. The number of nitrogens with one attached hydrogen (secondary N) is 1. The second-order valence-electron chi connectivity index (χ2n) is 8.53. The normalized spacial score (nSPS) is 24.1. The number of benzene rings is 1. The molecule has 30 heavy (non-hydrogen) atoms. The number of piperidine rings is 2. The molecule has 0 radical (unpaired) electrons. The lowest BCUT2D eigenvalue weighted by molar-refractivity contribution is -0.141. The van der Waals surface area contributed by atoms with Gasteiger partial charge in [0.1, 0.15) is 5.65 Å². The molecule has 1 aromatic carbocycles. The van der Waals surface area contributed by atoms with Crippen molar-refractivity contribution < 1.29 is 9.90 Å². The summed E-state index contributed by atoms with van der Waals surface area (Å²) in [6.45, 7) is 2.68. The molecule has 4 heterocycles. The molecule has 6 nitrogen and oxygen atoms in total. The SMILES string of the molecule is O=C([C@H]1CNCC[C@H]1O)N1CCC(c2ccccc2)(c2cn3ccccc3n2)CC1. The number of aromatic nitrogens is 2. The van der Waals surface area contributed by atoms with Crippen LogP contribution in [0.2, 0.25) is 0 Å². The third kappa shape index (κ3) is 3.30. The number of nitrogens with zero attached hydrogens (tertiary/aromatic N) is 3. The highest BCUT2D eigenvalue weighted by Gasteiger charge is 2.42. The highest BCUT2D eigenvalue weighted by atomic mass is 16.3. The summed E-state index contributed by atoms with van der Waals surface area (Å²) in [6.07, 6.45) is 5.90. The van der Waals surface area contributed by atoms with Crippen molar-refractivity contribution >= 4 is 11.6 Å². The third-order valence-electron chi connectivity index (χ3n) is 6.87. The quantitative estimate of drug-likeness (QED) is 0.702. The number of carbonyl (C=O) groups is 1. The fourth-order valence-corrected chi connectivity index (χ4v) is 5.06. The molecule has 2 saturated heterocycles. The van der Waals surface area contributed by atoms with Crippen molar-refractivity contribution in [3.63, 3.8) is 0 Å². The monoisotopic (exact) mass is 404 g/mol. The standard InChI is InChI=1S/C24H28N4O2/c29-20-9-12-25-16-19(20)23(30)27-14-10-24(11-15-27,18-6-2-1-3-7-18)21-17-28-13-5-4-8-22(28)26-21/h1-8,13,17,19-20,25,29H,9-12,14-16H2/t19-,20+/m0/s1. The van der Waals surface area contributed by atoms with E-state index < -0.39 is 6.10 Å². The molecule has 6 heteroatoms. The van der Waals surface area contributed by atoms with Crippen molar-refractivity contribution in [1.82, 2.24) is 19.6 Å². The molecule has 0 unspecified atom stereocenters. The molecule has 1 amide bonds. The molecule has 2 aliphatic heterocycles. The van der Waals surface area contributed by atoms with Gasteiger partial charge in [0.05, 0.1) is 17.7 Å². The van der Waals surface area contributed by atoms with Gasteiger partial charge in [-0.2, -0.15) is 0 Å². The Morgan fingerprint density at radius 3 is 2.60 bits per heavy atom. The second-order valence-corrected chi connectivity index (χ2v) is 8.53. The van der Waals surface area contributed by atoms with Gasteiger partial charge >= 0.3 is 0 Å². The van der Waals surface area contributed by atoms with E-state index in [1.807, 2.05) is 35.4 Å². The summed E-state index contributed by atoms with van der Waals surface area (Å²) in [6, 6.07) is 16.6. The lowest BCUT2D eigenvalue weighted by Crippen LogP contribution is -2.53. The maximum absolute atomic E-state index is 13.1. The lowest BCUT2D eigenvalue weighted by Gasteiger charge is -2.43. The Hall–Kier alpha value is -2.70. The van der Waals surface area contributed by atoms with Gasteiger partial charge in [-0.3, -0.25) is 4.79 Å². The van der Waals surface area contributed by atoms with Crippen molar-refractivity contribution in [1.29, 1.82) is 0 Å². The zero-order valence-corrected chi connectivity index (χ0v) is 17.1. The Labute approximate surface area is 176 Å². The smallest absolute Gasteiger partial charge is 0.229 e. The molecule has 0 aliphatic carbocycles. The van der Waals surface area contributed by atoms with E-state index in [0.29, 0.717) is 26.1 Å². The lowest BCUT2D eigenvalue weighted by atomic mass is 9.70. The van der Waals surface area contributed by atoms with Gasteiger partial charge in [0, 0.05) is 37.4 Å². The van der Waals surface area contributed by atoms with Crippen LogP contribution in [-0.2, 0) is 10.2 Å². The number of carbonyl (C=O) groups excluding carboxylic acids is 1. The first-order chi connectivity index (χ1) is 14.7. The van der Waals surface area contributed by atoms with Crippen LogP contribution in [0.5, 0.6) is 0 Å². The summed E-state index contributed by atoms with van der Waals surface area (Å²) < 4.78 is 2.07. The number of hydrogen-bond donors (Lipinski definition) is 2. The summed E-state index contributed by atoms with van der Waals surface area (Å²) >= 11 is 0. The number of fused-ring (bicyclic) bond motifs is 1. The van der Waals surface area contributed by atoms with Crippen molar-refractivity contribution in [3.8, 4) is 0 Å². The molecule has 2 aromatic heterocycles. The number of rotatable bonds is 3. The van der Waals surface area contributed by atoms with Crippen LogP contribution in [0.1, 0.15) is 30.5 Å². The predicted molar refractivity (Wildman–Crippen MR) is 115 cm³/mol. The minimum absolute atomic E-state index is 0.0753. The number of aliphatic hydroxyl groups excluding tert-OH is 1. The molecule has 2 N–H and O–H groups in total. The molecular weight excluding hydrogens is 376 g/mol. The van der Waals surface area contributed by atoms with Gasteiger partial charge < -0.3 is 19.7 Å². The third-order valence-corrected chi connectivity index (χ3v) is 6.87. The maximum Gasteiger partial charge on any atom is 0.229 e. The van der Waals surface area contributed by atoms with Crippen molar-refractivity contribution in [3.05, 3.63) is 72.2 Å². The van der Waals surface area contributed by atoms with Crippen LogP contribution in [0, 0.1) is 5.92 Å². The van der Waals surface area contributed by atoms with Gasteiger partial charge in [-0.15, -0.1) is 0 Å². The van der Waals surface area contributed by atoms with Crippen molar-refractivity contribution in [2.45, 2.75) is 30.8 Å². The number of hydrogen-bond acceptors (Lipinski definition) is 4. The van der Waals surface area contributed by atoms with Gasteiger partial charge in [0.15, 0.2) is 0 Å². The molecule has 2 fully saturated rings. The van der Waals surface area contributed by atoms with E-state index in [0.717, 1.165) is 30.7 Å². The minimum Gasteiger partial charge on any atom is -0.392 e. The molecular formula is C24H28N4O2. The number of imidazole rings is 1. The van der Waals surface area contributed by atoms with Crippen LogP contribution in [0.3, 0.4) is 0 Å². The van der Waals surface area contributed by atoms with E-state index in [1.54, 1.807) is 0 Å². The van der Waals surface area contributed by atoms with Crippen LogP contribution < -0.4 is 5.32 Å². The first kappa shape index (κ1) is 19.3. The largest absolute Gasteiger partial charge is 0.392 e. The summed E-state index contributed by atoms with van der Waals surface area (Å²) in [5.74, 6) is -0.260. The average Bonchev–Trinajstić information content (AvgIpc) is 3.24. The molecule has 2 atom stereocenters. The first-order valence-electron chi connectivity index (χ1n) is 10.8. The summed E-state index contributed by atoms with van der Waals surface area (Å²) in [5, 5.41) is 13.6. The molecule has 3 aromatic rings. The van der Waals surface area contributed by atoms with Crippen molar-refractivity contribution in [2.75, 3.05) is 26.2 Å². The van der Waals surface area contributed by atoms with E-state index in [9.17, 15) is 9.90 Å². The molecule has 0 bridgehead atoms. The first-order valence-corrected chi connectivity index (χ1v) is 10.8. The Morgan fingerprint density at radius 2 is 1.87 bits per heavy atom. The second kappa shape index (κ2) is 7.85. The number of aliphatic hydroxyl groups is 1. The van der Waals surface area contributed by atoms with E-state index in [1.165, 1.54) is 5.56 Å². The number of pyridine rings is 1. The summed E-state index contributed by atoms with van der Waals surface area (Å²) in [5.41, 5.74) is 3.04. The van der Waals surface area contributed by atoms with Crippen LogP contribution in [-0.4, -0.2) is 57.6 Å². The number of likely N-dealkylation sites (tertiary alicyclic amines) is 1. The van der Waals surface area contributed by atoms with Crippen LogP contribution in [0.15, 0.2) is 60.9 Å². The van der Waals surface area contributed by atoms with Crippen LogP contribution >= 0.6 is 0 Å². The summed E-state index contributed by atoms with van der Waals surface area (Å²) in [4.78, 5) is 20.0. The Balaban J connectivity index is 1.44. The Morgan fingerprint density at radius 1 is 1.10 bits per heavy atom. The Kier molecular flexibility index (Phi) is 5.05. The molecule has 156 valence electrons.